The molecule has 0 aliphatic rings. The summed E-state index contributed by atoms with van der Waals surface area (Å²) in [6, 6.07) is 7.71. The Morgan fingerprint density at radius 1 is 1.18 bits per heavy atom. The lowest BCUT2D eigenvalue weighted by Gasteiger charge is -2.05. The molecule has 0 fully saturated rings. The fraction of sp³-hybridized carbons (Fsp3) is 0.300. The Kier molecular flexibility index (Phi) is 5.58. The fourth-order valence-electron chi connectivity index (χ4n) is 3.19. The maximum Gasteiger partial charge on any atom is 0.339 e. The van der Waals surface area contributed by atoms with E-state index in [4.69, 9.17) is 4.74 Å². The number of ketones is 1. The summed E-state index contributed by atoms with van der Waals surface area (Å²) in [5, 5.41) is 2.81. The van der Waals surface area contributed by atoms with E-state index < -0.39 is 5.97 Å². The molecule has 0 spiro atoms. The number of fused-ring (bicyclic) bond motifs is 1. The van der Waals surface area contributed by atoms with Crippen LogP contribution in [0.15, 0.2) is 24.3 Å². The number of nitrogens with one attached hydrogen (secondary N) is 3. The molecule has 1 amide bonds. The monoisotopic (exact) mass is 382 g/mol. The van der Waals surface area contributed by atoms with Gasteiger partial charge in [-0.1, -0.05) is 12.1 Å². The van der Waals surface area contributed by atoms with Crippen LogP contribution in [0.3, 0.4) is 0 Å². The quantitative estimate of drug-likeness (QED) is 0.427. The van der Waals surface area contributed by atoms with Gasteiger partial charge in [0.1, 0.15) is 5.82 Å². The van der Waals surface area contributed by atoms with Crippen molar-refractivity contribution >= 4 is 28.7 Å². The average molecular weight is 382 g/mol. The molecule has 3 rings (SSSR count). The average Bonchev–Trinajstić information content (AvgIpc) is 3.21. The number of H-pyrrole nitrogens is 2. The number of aromatic nitrogens is 3. The van der Waals surface area contributed by atoms with Crippen molar-refractivity contribution in [2.24, 2.45) is 0 Å². The van der Waals surface area contributed by atoms with Gasteiger partial charge in [0.15, 0.2) is 5.78 Å². The molecule has 0 unspecified atom stereocenters. The standard InChI is InChI=1S/C20H22N4O4/c1-11-18(20(27)28-3)15(24-19(11)12(2)25)10-17(26)21-9-8-16-22-13-6-4-5-7-14(13)23-16/h4-7,24H,8-10H2,1-3H3,(H,21,26)(H,22,23). The Bertz CT molecular complexity index is 1010. The van der Waals surface area contributed by atoms with Crippen molar-refractivity contribution in [3.8, 4) is 0 Å². The Morgan fingerprint density at radius 2 is 1.93 bits per heavy atom. The highest BCUT2D eigenvalue weighted by atomic mass is 16.5. The second-order valence-electron chi connectivity index (χ2n) is 6.50. The Labute approximate surface area is 161 Å². The number of hydrogen-bond acceptors (Lipinski definition) is 5. The third kappa shape index (κ3) is 3.95. The second kappa shape index (κ2) is 8.08. The minimum Gasteiger partial charge on any atom is -0.465 e. The number of imidazole rings is 1. The molecular formula is C20H22N4O4. The van der Waals surface area contributed by atoms with Gasteiger partial charge in [-0.3, -0.25) is 9.59 Å². The van der Waals surface area contributed by atoms with Crippen LogP contribution in [0, 0.1) is 6.92 Å². The number of carbonyl (C=O) groups excluding carboxylic acids is 3. The molecule has 3 N–H and O–H groups in total. The molecule has 8 heteroatoms. The zero-order valence-corrected chi connectivity index (χ0v) is 16.0. The topological polar surface area (TPSA) is 117 Å². The summed E-state index contributed by atoms with van der Waals surface area (Å²) in [6.07, 6.45) is 0.491. The molecule has 8 nitrogen and oxygen atoms in total. The first kappa shape index (κ1) is 19.3. The summed E-state index contributed by atoms with van der Waals surface area (Å²) >= 11 is 0. The van der Waals surface area contributed by atoms with E-state index >= 15 is 0 Å². The van der Waals surface area contributed by atoms with Crippen LogP contribution in [0.25, 0.3) is 11.0 Å². The second-order valence-corrected chi connectivity index (χ2v) is 6.50. The highest BCUT2D eigenvalue weighted by Crippen LogP contribution is 2.20. The van der Waals surface area contributed by atoms with Gasteiger partial charge in [0, 0.05) is 25.6 Å². The summed E-state index contributed by atoms with van der Waals surface area (Å²) in [6.45, 7) is 3.45. The molecule has 0 saturated heterocycles. The third-order valence-corrected chi connectivity index (χ3v) is 4.53. The number of hydrogen-bond donors (Lipinski definition) is 3. The van der Waals surface area contributed by atoms with Crippen molar-refractivity contribution in [1.29, 1.82) is 0 Å². The molecular weight excluding hydrogens is 360 g/mol. The number of ether oxygens (including phenoxy) is 1. The van der Waals surface area contributed by atoms with E-state index in [1.807, 2.05) is 24.3 Å². The van der Waals surface area contributed by atoms with Crippen LogP contribution < -0.4 is 5.32 Å². The number of esters is 1. The maximum absolute atomic E-state index is 12.3. The molecule has 3 aromatic rings. The Hall–Kier alpha value is -3.42. The first-order valence-electron chi connectivity index (χ1n) is 8.91. The van der Waals surface area contributed by atoms with Gasteiger partial charge < -0.3 is 20.0 Å². The molecule has 146 valence electrons. The Balaban J connectivity index is 1.65. The molecule has 0 atom stereocenters. The fourth-order valence-corrected chi connectivity index (χ4v) is 3.19. The van der Waals surface area contributed by atoms with Crippen LogP contribution >= 0.6 is 0 Å². The Morgan fingerprint density at radius 3 is 2.61 bits per heavy atom. The summed E-state index contributed by atoms with van der Waals surface area (Å²) in [5.41, 5.74) is 3.24. The predicted molar refractivity (Wildman–Crippen MR) is 103 cm³/mol. The first-order chi connectivity index (χ1) is 13.4. The number of rotatable bonds is 7. The minimum atomic E-state index is -0.577. The normalized spacial score (nSPS) is 10.8. The summed E-state index contributed by atoms with van der Waals surface area (Å²) < 4.78 is 4.79. The number of carbonyl (C=O) groups is 3. The van der Waals surface area contributed by atoms with Crippen LogP contribution in [0.4, 0.5) is 0 Å². The predicted octanol–water partition coefficient (Wildman–Crippen LogP) is 2.09. The minimum absolute atomic E-state index is 0.0569. The number of para-hydroxylation sites is 2. The molecule has 0 radical (unpaired) electrons. The smallest absolute Gasteiger partial charge is 0.339 e. The number of benzene rings is 1. The van der Waals surface area contributed by atoms with Gasteiger partial charge in [0.05, 0.1) is 35.8 Å². The van der Waals surface area contributed by atoms with E-state index in [2.05, 4.69) is 20.3 Å². The number of methoxy groups -OCH3 is 1. The highest BCUT2D eigenvalue weighted by Gasteiger charge is 2.24. The van der Waals surface area contributed by atoms with E-state index in [0.29, 0.717) is 29.9 Å². The van der Waals surface area contributed by atoms with E-state index in [1.54, 1.807) is 6.92 Å². The molecule has 0 aliphatic heterocycles. The number of amides is 1. The molecule has 1 aromatic carbocycles. The largest absolute Gasteiger partial charge is 0.465 e. The molecule has 2 heterocycles. The highest BCUT2D eigenvalue weighted by molar-refractivity contribution is 6.01. The van der Waals surface area contributed by atoms with Crippen molar-refractivity contribution in [2.45, 2.75) is 26.7 Å². The first-order valence-corrected chi connectivity index (χ1v) is 8.91. The van der Waals surface area contributed by atoms with Gasteiger partial charge in [0.2, 0.25) is 5.91 Å². The molecule has 0 bridgehead atoms. The third-order valence-electron chi connectivity index (χ3n) is 4.53. The van der Waals surface area contributed by atoms with Crippen LogP contribution in [0.5, 0.6) is 0 Å². The molecule has 0 saturated carbocycles. The van der Waals surface area contributed by atoms with Gasteiger partial charge in [-0.15, -0.1) is 0 Å². The van der Waals surface area contributed by atoms with Crippen LogP contribution in [-0.2, 0) is 22.4 Å². The van der Waals surface area contributed by atoms with Gasteiger partial charge >= 0.3 is 5.97 Å². The lowest BCUT2D eigenvalue weighted by Crippen LogP contribution is -2.28. The zero-order valence-electron chi connectivity index (χ0n) is 16.0. The maximum atomic E-state index is 12.3. The van der Waals surface area contributed by atoms with E-state index in [9.17, 15) is 14.4 Å². The zero-order chi connectivity index (χ0) is 20.3. The molecule has 2 aromatic heterocycles. The SMILES string of the molecule is COC(=O)c1c(CC(=O)NCCc2nc3ccccc3[nH]2)[nH]c(C(C)=O)c1C. The van der Waals surface area contributed by atoms with Crippen molar-refractivity contribution in [2.75, 3.05) is 13.7 Å². The van der Waals surface area contributed by atoms with Crippen molar-refractivity contribution in [3.05, 3.63) is 52.6 Å². The van der Waals surface area contributed by atoms with Crippen LogP contribution in [-0.4, -0.2) is 46.3 Å². The van der Waals surface area contributed by atoms with Crippen LogP contribution in [0.1, 0.15) is 44.9 Å². The summed E-state index contributed by atoms with van der Waals surface area (Å²) in [7, 11) is 1.26. The lowest BCUT2D eigenvalue weighted by molar-refractivity contribution is -0.120. The van der Waals surface area contributed by atoms with E-state index in [-0.39, 0.29) is 23.7 Å². The van der Waals surface area contributed by atoms with Gasteiger partial charge in [-0.05, 0) is 24.6 Å². The van der Waals surface area contributed by atoms with Gasteiger partial charge in [0.25, 0.3) is 0 Å². The molecule has 0 aliphatic carbocycles. The summed E-state index contributed by atoms with van der Waals surface area (Å²) in [5.74, 6) is -0.269. The van der Waals surface area contributed by atoms with Crippen molar-refractivity contribution < 1.29 is 19.1 Å². The lowest BCUT2D eigenvalue weighted by atomic mass is 10.1. The number of Topliss-reactive ketones (excluding diaryl/α,β-unsaturated/α-hetero) is 1. The summed E-state index contributed by atoms with van der Waals surface area (Å²) in [4.78, 5) is 46.7. The van der Waals surface area contributed by atoms with Gasteiger partial charge in [-0.25, -0.2) is 9.78 Å². The van der Waals surface area contributed by atoms with Crippen LogP contribution in [0.2, 0.25) is 0 Å². The number of nitrogens with zero attached hydrogens (tertiary/aromatic N) is 1. The van der Waals surface area contributed by atoms with E-state index in [0.717, 1.165) is 16.9 Å². The van der Waals surface area contributed by atoms with E-state index in [1.165, 1.54) is 14.0 Å². The molecule has 28 heavy (non-hydrogen) atoms. The van der Waals surface area contributed by atoms with Crippen molar-refractivity contribution in [3.63, 3.8) is 0 Å². The van der Waals surface area contributed by atoms with Crippen molar-refractivity contribution in [1.82, 2.24) is 20.3 Å². The van der Waals surface area contributed by atoms with Gasteiger partial charge in [-0.2, -0.15) is 0 Å². The number of aromatic amines is 2.